The molecule has 0 heterocycles. The molecule has 0 fully saturated rings. The highest BCUT2D eigenvalue weighted by Crippen LogP contribution is 2.20. The van der Waals surface area contributed by atoms with E-state index in [9.17, 15) is 9.18 Å². The monoisotopic (exact) mass is 291 g/mol. The first-order valence-electron chi connectivity index (χ1n) is 6.35. The van der Waals surface area contributed by atoms with Crippen LogP contribution in [0, 0.1) is 5.82 Å². The Morgan fingerprint density at radius 3 is 2.65 bits per heavy atom. The minimum absolute atomic E-state index is 0.0475. The van der Waals surface area contributed by atoms with Crippen LogP contribution in [0.15, 0.2) is 42.5 Å². The number of hydrogen-bond acceptors (Lipinski definition) is 2. The van der Waals surface area contributed by atoms with E-state index in [1.54, 1.807) is 12.1 Å². The first kappa shape index (κ1) is 14.7. The fourth-order valence-corrected chi connectivity index (χ4v) is 2.20. The van der Waals surface area contributed by atoms with Gasteiger partial charge >= 0.3 is 0 Å². The quantitative estimate of drug-likeness (QED) is 0.855. The Kier molecular flexibility index (Phi) is 4.88. The second kappa shape index (κ2) is 6.64. The van der Waals surface area contributed by atoms with Crippen LogP contribution in [0.1, 0.15) is 21.5 Å². The molecule has 0 aliphatic carbocycles. The lowest BCUT2D eigenvalue weighted by atomic mass is 9.96. The van der Waals surface area contributed by atoms with E-state index in [4.69, 9.17) is 11.6 Å². The van der Waals surface area contributed by atoms with Gasteiger partial charge in [0.1, 0.15) is 5.82 Å². The third kappa shape index (κ3) is 3.24. The standard InChI is InChI=1S/C16H15ClFNO/c1-19-9-8-11-4-2-3-5-13(11)16(20)14-7-6-12(17)10-15(14)18/h2-7,10,19H,8-9H2,1H3. The van der Waals surface area contributed by atoms with E-state index in [1.807, 2.05) is 19.2 Å². The predicted octanol–water partition coefficient (Wildman–Crippen LogP) is 3.47. The smallest absolute Gasteiger partial charge is 0.196 e. The van der Waals surface area contributed by atoms with Gasteiger partial charge < -0.3 is 5.32 Å². The Balaban J connectivity index is 2.38. The van der Waals surface area contributed by atoms with Crippen molar-refractivity contribution in [2.75, 3.05) is 13.6 Å². The summed E-state index contributed by atoms with van der Waals surface area (Å²) in [4.78, 5) is 12.5. The molecular formula is C16H15ClFNO. The van der Waals surface area contributed by atoms with Gasteiger partial charge in [-0.3, -0.25) is 4.79 Å². The van der Waals surface area contributed by atoms with Crippen LogP contribution in [0.3, 0.4) is 0 Å². The number of hydrogen-bond donors (Lipinski definition) is 1. The summed E-state index contributed by atoms with van der Waals surface area (Å²) in [6, 6.07) is 11.4. The molecule has 2 aromatic rings. The SMILES string of the molecule is CNCCc1ccccc1C(=O)c1ccc(Cl)cc1F. The Bertz CT molecular complexity index is 628. The summed E-state index contributed by atoms with van der Waals surface area (Å²) in [5.41, 5.74) is 1.48. The van der Waals surface area contributed by atoms with Crippen molar-refractivity contribution in [3.8, 4) is 0 Å². The van der Waals surface area contributed by atoms with Gasteiger partial charge in [-0.15, -0.1) is 0 Å². The fourth-order valence-electron chi connectivity index (χ4n) is 2.04. The van der Waals surface area contributed by atoms with Crippen molar-refractivity contribution in [3.63, 3.8) is 0 Å². The lowest BCUT2D eigenvalue weighted by Gasteiger charge is -2.09. The number of halogens is 2. The summed E-state index contributed by atoms with van der Waals surface area (Å²) in [6.07, 6.45) is 0.716. The molecule has 2 rings (SSSR count). The summed E-state index contributed by atoms with van der Waals surface area (Å²) in [5, 5.41) is 3.32. The molecule has 0 bridgehead atoms. The predicted molar refractivity (Wildman–Crippen MR) is 78.9 cm³/mol. The van der Waals surface area contributed by atoms with Crippen LogP contribution in [0.25, 0.3) is 0 Å². The lowest BCUT2D eigenvalue weighted by molar-refractivity contribution is 0.103. The second-order valence-electron chi connectivity index (χ2n) is 4.46. The van der Waals surface area contributed by atoms with Gasteiger partial charge in [0.05, 0.1) is 5.56 Å². The summed E-state index contributed by atoms with van der Waals surface area (Å²) >= 11 is 5.71. The second-order valence-corrected chi connectivity index (χ2v) is 4.90. The number of benzene rings is 2. The van der Waals surface area contributed by atoms with Crippen molar-refractivity contribution >= 4 is 17.4 Å². The zero-order chi connectivity index (χ0) is 14.5. The highest BCUT2D eigenvalue weighted by Gasteiger charge is 2.16. The van der Waals surface area contributed by atoms with Crippen molar-refractivity contribution in [1.82, 2.24) is 5.32 Å². The number of carbonyl (C=O) groups is 1. The third-order valence-corrected chi connectivity index (χ3v) is 3.32. The largest absolute Gasteiger partial charge is 0.319 e. The molecule has 0 spiro atoms. The van der Waals surface area contributed by atoms with Crippen LogP contribution in [0.5, 0.6) is 0 Å². The third-order valence-electron chi connectivity index (χ3n) is 3.08. The van der Waals surface area contributed by atoms with Crippen LogP contribution in [-0.2, 0) is 6.42 Å². The van der Waals surface area contributed by atoms with Crippen molar-refractivity contribution in [3.05, 3.63) is 70.0 Å². The van der Waals surface area contributed by atoms with Gasteiger partial charge in [0, 0.05) is 10.6 Å². The van der Waals surface area contributed by atoms with Crippen LogP contribution < -0.4 is 5.32 Å². The van der Waals surface area contributed by atoms with E-state index in [2.05, 4.69) is 5.32 Å². The molecule has 4 heteroatoms. The van der Waals surface area contributed by atoms with Crippen molar-refractivity contribution in [2.24, 2.45) is 0 Å². The van der Waals surface area contributed by atoms with Gasteiger partial charge in [0.25, 0.3) is 0 Å². The van der Waals surface area contributed by atoms with E-state index < -0.39 is 5.82 Å². The van der Waals surface area contributed by atoms with Gasteiger partial charge in [-0.2, -0.15) is 0 Å². The normalized spacial score (nSPS) is 10.6. The maximum absolute atomic E-state index is 13.9. The van der Waals surface area contributed by atoms with E-state index in [1.165, 1.54) is 12.1 Å². The van der Waals surface area contributed by atoms with Gasteiger partial charge in [-0.1, -0.05) is 35.9 Å². The number of likely N-dealkylation sites (N-methyl/N-ethyl adjacent to an activating group) is 1. The Morgan fingerprint density at radius 2 is 1.95 bits per heavy atom. The number of ketones is 1. The molecule has 0 aromatic heterocycles. The summed E-state index contributed by atoms with van der Waals surface area (Å²) in [7, 11) is 1.85. The summed E-state index contributed by atoms with van der Waals surface area (Å²) in [5.74, 6) is -0.906. The van der Waals surface area contributed by atoms with E-state index in [-0.39, 0.29) is 16.4 Å². The van der Waals surface area contributed by atoms with Gasteiger partial charge in [0.2, 0.25) is 0 Å². The van der Waals surface area contributed by atoms with Gasteiger partial charge in [0.15, 0.2) is 5.78 Å². The van der Waals surface area contributed by atoms with Gasteiger partial charge in [-0.25, -0.2) is 4.39 Å². The molecule has 0 aliphatic heterocycles. The van der Waals surface area contributed by atoms with Gasteiger partial charge in [-0.05, 0) is 43.8 Å². The summed E-state index contributed by atoms with van der Waals surface area (Å²) < 4.78 is 13.9. The van der Waals surface area contributed by atoms with E-state index in [0.29, 0.717) is 12.0 Å². The topological polar surface area (TPSA) is 29.1 Å². The lowest BCUT2D eigenvalue weighted by Crippen LogP contribution is -2.14. The fraction of sp³-hybridized carbons (Fsp3) is 0.188. The number of nitrogens with one attached hydrogen (secondary N) is 1. The van der Waals surface area contributed by atoms with Crippen LogP contribution in [0.4, 0.5) is 4.39 Å². The maximum Gasteiger partial charge on any atom is 0.196 e. The summed E-state index contributed by atoms with van der Waals surface area (Å²) in [6.45, 7) is 0.757. The van der Waals surface area contributed by atoms with E-state index >= 15 is 0 Å². The zero-order valence-corrected chi connectivity index (χ0v) is 11.9. The molecular weight excluding hydrogens is 277 g/mol. The first-order valence-corrected chi connectivity index (χ1v) is 6.73. The highest BCUT2D eigenvalue weighted by atomic mass is 35.5. The first-order chi connectivity index (χ1) is 9.63. The molecule has 20 heavy (non-hydrogen) atoms. The molecule has 0 atom stereocenters. The number of carbonyl (C=O) groups excluding carboxylic acids is 1. The molecule has 0 saturated heterocycles. The average Bonchev–Trinajstić information content (AvgIpc) is 2.45. The molecule has 104 valence electrons. The van der Waals surface area contributed by atoms with Crippen molar-refractivity contribution in [2.45, 2.75) is 6.42 Å². The van der Waals surface area contributed by atoms with Crippen molar-refractivity contribution in [1.29, 1.82) is 0 Å². The molecule has 2 nitrogen and oxygen atoms in total. The molecule has 1 N–H and O–H groups in total. The average molecular weight is 292 g/mol. The van der Waals surface area contributed by atoms with Crippen LogP contribution >= 0.6 is 11.6 Å². The molecule has 0 radical (unpaired) electrons. The molecule has 0 amide bonds. The Morgan fingerprint density at radius 1 is 1.20 bits per heavy atom. The van der Waals surface area contributed by atoms with Crippen molar-refractivity contribution < 1.29 is 9.18 Å². The minimum Gasteiger partial charge on any atom is -0.319 e. The van der Waals surface area contributed by atoms with E-state index in [0.717, 1.165) is 18.2 Å². The molecule has 2 aromatic carbocycles. The van der Waals surface area contributed by atoms with Crippen LogP contribution in [0.2, 0.25) is 5.02 Å². The zero-order valence-electron chi connectivity index (χ0n) is 11.1. The molecule has 0 saturated carbocycles. The highest BCUT2D eigenvalue weighted by molar-refractivity contribution is 6.30. The Hall–Kier alpha value is -1.71. The molecule has 0 aliphatic rings. The Labute approximate surface area is 122 Å². The maximum atomic E-state index is 13.9. The minimum atomic E-state index is -0.592. The molecule has 0 unspecified atom stereocenters. The van der Waals surface area contributed by atoms with Crippen LogP contribution in [-0.4, -0.2) is 19.4 Å². The number of rotatable bonds is 5.